The Morgan fingerprint density at radius 2 is 2.14 bits per heavy atom. The number of benzene rings is 1. The topological polar surface area (TPSA) is 41.9 Å². The van der Waals surface area contributed by atoms with E-state index in [2.05, 4.69) is 38.1 Å². The summed E-state index contributed by atoms with van der Waals surface area (Å²) in [7, 11) is 1.83. The predicted molar refractivity (Wildman–Crippen MR) is 84.3 cm³/mol. The largest absolute Gasteiger partial charge is 0.390 e. The van der Waals surface area contributed by atoms with Gasteiger partial charge in [-0.15, -0.1) is 0 Å². The molecule has 0 fully saturated rings. The summed E-state index contributed by atoms with van der Waals surface area (Å²) in [6.45, 7) is 6.77. The Kier molecular flexibility index (Phi) is 4.99. The van der Waals surface area contributed by atoms with Crippen molar-refractivity contribution in [3.05, 3.63) is 35.4 Å². The van der Waals surface area contributed by atoms with Crippen molar-refractivity contribution in [2.75, 3.05) is 13.6 Å². The van der Waals surface area contributed by atoms with Gasteiger partial charge in [-0.1, -0.05) is 43.3 Å². The zero-order chi connectivity index (χ0) is 15.4. The molecule has 1 heterocycles. The van der Waals surface area contributed by atoms with E-state index in [4.69, 9.17) is 4.84 Å². The van der Waals surface area contributed by atoms with Gasteiger partial charge < -0.3 is 9.74 Å². The molecule has 0 saturated heterocycles. The van der Waals surface area contributed by atoms with Crippen molar-refractivity contribution >= 4 is 11.6 Å². The van der Waals surface area contributed by atoms with Crippen LogP contribution in [0.4, 0.5) is 0 Å². The van der Waals surface area contributed by atoms with Gasteiger partial charge in [-0.3, -0.25) is 4.79 Å². The maximum Gasteiger partial charge on any atom is 0.222 e. The van der Waals surface area contributed by atoms with Crippen LogP contribution in [0.25, 0.3) is 0 Å². The van der Waals surface area contributed by atoms with Crippen molar-refractivity contribution in [3.63, 3.8) is 0 Å². The van der Waals surface area contributed by atoms with Crippen LogP contribution in [0.3, 0.4) is 0 Å². The summed E-state index contributed by atoms with van der Waals surface area (Å²) >= 11 is 0. The Bertz CT molecular complexity index is 537. The van der Waals surface area contributed by atoms with E-state index in [1.54, 1.807) is 4.90 Å². The maximum atomic E-state index is 12.0. The number of nitrogens with zero attached hydrogens (tertiary/aromatic N) is 2. The van der Waals surface area contributed by atoms with Gasteiger partial charge in [0.15, 0.2) is 6.10 Å². The lowest BCUT2D eigenvalue weighted by Crippen LogP contribution is -2.35. The fraction of sp³-hybridized carbons (Fsp3) is 0.529. The van der Waals surface area contributed by atoms with Crippen LogP contribution in [0, 0.1) is 12.8 Å². The van der Waals surface area contributed by atoms with E-state index in [1.807, 2.05) is 19.2 Å². The minimum Gasteiger partial charge on any atom is -0.390 e. The average molecular weight is 288 g/mol. The molecule has 0 bridgehead atoms. The van der Waals surface area contributed by atoms with Gasteiger partial charge in [-0.2, -0.15) is 0 Å². The van der Waals surface area contributed by atoms with Crippen LogP contribution in [0.5, 0.6) is 0 Å². The second-order valence-corrected chi connectivity index (χ2v) is 6.16. The van der Waals surface area contributed by atoms with Crippen LogP contribution < -0.4 is 0 Å². The Balaban J connectivity index is 1.90. The van der Waals surface area contributed by atoms with Crippen LogP contribution in [0.2, 0.25) is 0 Å². The molecule has 0 aromatic heterocycles. The molecule has 0 spiro atoms. The van der Waals surface area contributed by atoms with Crippen molar-refractivity contribution in [1.82, 2.24) is 4.90 Å². The molecule has 1 amide bonds. The molecule has 21 heavy (non-hydrogen) atoms. The normalized spacial score (nSPS) is 17.6. The SMILES string of the molecule is Cc1ccccc1C1=NO[C@H](CN(C)C(=O)CC(C)C)C1. The van der Waals surface area contributed by atoms with E-state index in [-0.39, 0.29) is 12.0 Å². The van der Waals surface area contributed by atoms with E-state index in [9.17, 15) is 4.79 Å². The van der Waals surface area contributed by atoms with Gasteiger partial charge in [-0.05, 0) is 18.4 Å². The Morgan fingerprint density at radius 3 is 2.81 bits per heavy atom. The third-order valence-electron chi connectivity index (χ3n) is 3.68. The fourth-order valence-electron chi connectivity index (χ4n) is 2.49. The summed E-state index contributed by atoms with van der Waals surface area (Å²) in [6.07, 6.45) is 1.29. The first-order valence-electron chi connectivity index (χ1n) is 7.50. The number of likely N-dealkylation sites (N-methyl/N-ethyl adjacent to an activating group) is 1. The number of aryl methyl sites for hydroxylation is 1. The zero-order valence-corrected chi connectivity index (χ0v) is 13.3. The van der Waals surface area contributed by atoms with Crippen molar-refractivity contribution in [2.24, 2.45) is 11.1 Å². The van der Waals surface area contributed by atoms with Crippen molar-refractivity contribution in [1.29, 1.82) is 0 Å². The molecule has 0 unspecified atom stereocenters. The highest BCUT2D eigenvalue weighted by Gasteiger charge is 2.25. The number of hydrogen-bond acceptors (Lipinski definition) is 3. The molecule has 4 heteroatoms. The standard InChI is InChI=1S/C17H24N2O2/c1-12(2)9-17(20)19(4)11-14-10-16(18-21-14)15-8-6-5-7-13(15)3/h5-8,12,14H,9-11H2,1-4H3/t14-/m0/s1. The summed E-state index contributed by atoms with van der Waals surface area (Å²) in [4.78, 5) is 19.2. The highest BCUT2D eigenvalue weighted by atomic mass is 16.6. The molecule has 0 saturated carbocycles. The first-order valence-corrected chi connectivity index (χ1v) is 7.50. The summed E-state index contributed by atoms with van der Waals surface area (Å²) in [5.41, 5.74) is 3.31. The molecule has 4 nitrogen and oxygen atoms in total. The summed E-state index contributed by atoms with van der Waals surface area (Å²) in [6, 6.07) is 8.17. The molecular weight excluding hydrogens is 264 g/mol. The molecule has 2 rings (SSSR count). The Labute approximate surface area is 126 Å². The number of hydrogen-bond donors (Lipinski definition) is 0. The van der Waals surface area contributed by atoms with Gasteiger partial charge in [0.2, 0.25) is 5.91 Å². The van der Waals surface area contributed by atoms with E-state index in [0.29, 0.717) is 18.9 Å². The van der Waals surface area contributed by atoms with E-state index in [1.165, 1.54) is 5.56 Å². The fourth-order valence-corrected chi connectivity index (χ4v) is 2.49. The minimum atomic E-state index is -0.0410. The first kappa shape index (κ1) is 15.5. The van der Waals surface area contributed by atoms with Gasteiger partial charge >= 0.3 is 0 Å². The first-order chi connectivity index (χ1) is 9.97. The van der Waals surface area contributed by atoms with Crippen molar-refractivity contribution in [2.45, 2.75) is 39.7 Å². The van der Waals surface area contributed by atoms with Crippen LogP contribution in [-0.4, -0.2) is 36.2 Å². The van der Waals surface area contributed by atoms with Crippen molar-refractivity contribution < 1.29 is 9.63 Å². The Hall–Kier alpha value is -1.84. The van der Waals surface area contributed by atoms with Crippen LogP contribution in [-0.2, 0) is 9.63 Å². The van der Waals surface area contributed by atoms with Gasteiger partial charge in [0.05, 0.1) is 12.3 Å². The van der Waals surface area contributed by atoms with Crippen LogP contribution >= 0.6 is 0 Å². The summed E-state index contributed by atoms with van der Waals surface area (Å²) < 4.78 is 0. The molecular formula is C17H24N2O2. The smallest absolute Gasteiger partial charge is 0.222 e. The third-order valence-corrected chi connectivity index (χ3v) is 3.68. The van der Waals surface area contributed by atoms with E-state index in [0.717, 1.165) is 17.7 Å². The summed E-state index contributed by atoms with van der Waals surface area (Å²) in [5.74, 6) is 0.543. The quantitative estimate of drug-likeness (QED) is 0.836. The lowest BCUT2D eigenvalue weighted by Gasteiger charge is -2.20. The Morgan fingerprint density at radius 1 is 1.43 bits per heavy atom. The second-order valence-electron chi connectivity index (χ2n) is 6.16. The van der Waals surface area contributed by atoms with Gasteiger partial charge in [0.1, 0.15) is 0 Å². The number of oxime groups is 1. The number of amides is 1. The molecule has 0 N–H and O–H groups in total. The predicted octanol–water partition coefficient (Wildman–Crippen LogP) is 2.99. The lowest BCUT2D eigenvalue weighted by molar-refractivity contribution is -0.132. The average Bonchev–Trinajstić information content (AvgIpc) is 2.86. The highest BCUT2D eigenvalue weighted by Crippen LogP contribution is 2.20. The maximum absolute atomic E-state index is 12.0. The van der Waals surface area contributed by atoms with Gasteiger partial charge in [0.25, 0.3) is 0 Å². The number of carbonyl (C=O) groups is 1. The molecule has 1 aromatic rings. The zero-order valence-electron chi connectivity index (χ0n) is 13.3. The molecule has 1 atom stereocenters. The van der Waals surface area contributed by atoms with Crippen LogP contribution in [0.15, 0.2) is 29.4 Å². The molecule has 114 valence electrons. The van der Waals surface area contributed by atoms with Crippen LogP contribution in [0.1, 0.15) is 37.8 Å². The molecule has 1 aliphatic heterocycles. The number of carbonyl (C=O) groups excluding carboxylic acids is 1. The minimum absolute atomic E-state index is 0.0410. The molecule has 0 radical (unpaired) electrons. The van der Waals surface area contributed by atoms with Crippen molar-refractivity contribution in [3.8, 4) is 0 Å². The second kappa shape index (κ2) is 6.74. The molecule has 1 aromatic carbocycles. The van der Waals surface area contributed by atoms with E-state index < -0.39 is 0 Å². The highest BCUT2D eigenvalue weighted by molar-refractivity contribution is 6.02. The summed E-state index contributed by atoms with van der Waals surface area (Å²) in [5, 5.41) is 4.20. The van der Waals surface area contributed by atoms with Gasteiger partial charge in [-0.25, -0.2) is 0 Å². The molecule has 0 aliphatic carbocycles. The van der Waals surface area contributed by atoms with Gasteiger partial charge in [0, 0.05) is 25.5 Å². The molecule has 1 aliphatic rings. The lowest BCUT2D eigenvalue weighted by atomic mass is 10.0. The third kappa shape index (κ3) is 4.06. The van der Waals surface area contributed by atoms with E-state index >= 15 is 0 Å². The number of rotatable bonds is 5. The monoisotopic (exact) mass is 288 g/mol.